The van der Waals surface area contributed by atoms with E-state index in [2.05, 4.69) is 14.9 Å². The van der Waals surface area contributed by atoms with E-state index in [9.17, 15) is 13.2 Å². The molecule has 2 fully saturated rings. The molecule has 0 bridgehead atoms. The first kappa shape index (κ1) is 20.5. The fourth-order valence-corrected chi connectivity index (χ4v) is 5.48. The van der Waals surface area contributed by atoms with E-state index in [0.29, 0.717) is 21.4 Å². The van der Waals surface area contributed by atoms with E-state index in [0.717, 1.165) is 44.2 Å². The Kier molecular flexibility index (Phi) is 5.50. The highest BCUT2D eigenvalue weighted by Gasteiger charge is 2.43. The standard InChI is InChI=1S/C21H25F3N4S/c1-14-15(21(22,23)24)4-2-5-16(14)29-19-13-26-18(12-27-19)28-10-8-20(9-11-28)7-3-6-17(20)25/h2,4-5,12-13,17H,3,6-11,25H2,1H3/t17-/m1/s1. The smallest absolute Gasteiger partial charge is 0.355 e. The van der Waals surface area contributed by atoms with Gasteiger partial charge in [-0.25, -0.2) is 9.97 Å². The van der Waals surface area contributed by atoms with Crippen LogP contribution in [0.5, 0.6) is 0 Å². The summed E-state index contributed by atoms with van der Waals surface area (Å²) in [7, 11) is 0. The van der Waals surface area contributed by atoms with Gasteiger partial charge in [0.2, 0.25) is 0 Å². The number of piperidine rings is 1. The summed E-state index contributed by atoms with van der Waals surface area (Å²) in [5.74, 6) is 0.816. The Morgan fingerprint density at radius 1 is 1.14 bits per heavy atom. The van der Waals surface area contributed by atoms with Gasteiger partial charge in [-0.1, -0.05) is 24.2 Å². The fraction of sp³-hybridized carbons (Fsp3) is 0.524. The van der Waals surface area contributed by atoms with Crippen molar-refractivity contribution < 1.29 is 13.2 Å². The second-order valence-corrected chi connectivity index (χ2v) is 9.15. The maximum absolute atomic E-state index is 13.1. The van der Waals surface area contributed by atoms with E-state index in [1.165, 1.54) is 37.6 Å². The zero-order chi connectivity index (χ0) is 20.6. The Balaban J connectivity index is 1.43. The van der Waals surface area contributed by atoms with Crippen molar-refractivity contribution in [1.82, 2.24) is 9.97 Å². The zero-order valence-corrected chi connectivity index (χ0v) is 17.2. The molecule has 1 saturated carbocycles. The number of hydrogen-bond acceptors (Lipinski definition) is 5. The molecule has 1 aliphatic heterocycles. The van der Waals surface area contributed by atoms with Crippen LogP contribution in [0.15, 0.2) is 40.5 Å². The number of hydrogen-bond donors (Lipinski definition) is 1. The van der Waals surface area contributed by atoms with Crippen LogP contribution in [-0.4, -0.2) is 29.1 Å². The average Bonchev–Trinajstić information content (AvgIpc) is 3.04. The molecule has 1 aromatic carbocycles. The van der Waals surface area contributed by atoms with E-state index in [-0.39, 0.29) is 5.56 Å². The van der Waals surface area contributed by atoms with E-state index < -0.39 is 11.7 Å². The zero-order valence-electron chi connectivity index (χ0n) is 16.4. The van der Waals surface area contributed by atoms with Crippen LogP contribution >= 0.6 is 11.8 Å². The van der Waals surface area contributed by atoms with Gasteiger partial charge in [-0.15, -0.1) is 0 Å². The van der Waals surface area contributed by atoms with Gasteiger partial charge in [0.25, 0.3) is 0 Å². The molecule has 1 spiro atoms. The molecule has 4 nitrogen and oxygen atoms in total. The fourth-order valence-electron chi connectivity index (χ4n) is 4.64. The van der Waals surface area contributed by atoms with Crippen molar-refractivity contribution in [3.05, 3.63) is 41.7 Å². The van der Waals surface area contributed by atoms with Crippen molar-refractivity contribution in [3.63, 3.8) is 0 Å². The molecule has 0 amide bonds. The number of aromatic nitrogens is 2. The first-order valence-corrected chi connectivity index (χ1v) is 10.8. The molecular weight excluding hydrogens is 397 g/mol. The lowest BCUT2D eigenvalue weighted by molar-refractivity contribution is -0.138. The maximum Gasteiger partial charge on any atom is 0.416 e. The first-order valence-electron chi connectivity index (χ1n) is 9.96. The molecule has 2 heterocycles. The second kappa shape index (κ2) is 7.80. The van der Waals surface area contributed by atoms with E-state index >= 15 is 0 Å². The third-order valence-electron chi connectivity index (χ3n) is 6.48. The molecule has 1 aromatic heterocycles. The average molecular weight is 423 g/mol. The number of rotatable bonds is 3. The van der Waals surface area contributed by atoms with Crippen LogP contribution in [0, 0.1) is 12.3 Å². The van der Waals surface area contributed by atoms with Gasteiger partial charge in [-0.3, -0.25) is 0 Å². The van der Waals surface area contributed by atoms with Gasteiger partial charge in [0.05, 0.1) is 18.0 Å². The van der Waals surface area contributed by atoms with Crippen LogP contribution in [0.1, 0.15) is 43.2 Å². The van der Waals surface area contributed by atoms with Crippen LogP contribution in [0.25, 0.3) is 0 Å². The van der Waals surface area contributed by atoms with Crippen molar-refractivity contribution in [2.45, 2.75) is 61.2 Å². The SMILES string of the molecule is Cc1c(Sc2cnc(N3CCC4(CCC[C@H]4N)CC3)cn2)cccc1C(F)(F)F. The van der Waals surface area contributed by atoms with Crippen molar-refractivity contribution in [3.8, 4) is 0 Å². The highest BCUT2D eigenvalue weighted by atomic mass is 32.2. The number of halogens is 3. The Bertz CT molecular complexity index is 861. The van der Waals surface area contributed by atoms with Crippen LogP contribution in [0.4, 0.5) is 19.0 Å². The van der Waals surface area contributed by atoms with Crippen molar-refractivity contribution >= 4 is 17.6 Å². The maximum atomic E-state index is 13.1. The predicted molar refractivity (Wildman–Crippen MR) is 108 cm³/mol. The largest absolute Gasteiger partial charge is 0.416 e. The topological polar surface area (TPSA) is 55.0 Å². The summed E-state index contributed by atoms with van der Waals surface area (Å²) < 4.78 is 39.3. The van der Waals surface area contributed by atoms with Crippen molar-refractivity contribution in [2.75, 3.05) is 18.0 Å². The number of anilines is 1. The summed E-state index contributed by atoms with van der Waals surface area (Å²) in [6.07, 6.45) is 4.74. The van der Waals surface area contributed by atoms with Gasteiger partial charge in [0, 0.05) is 24.0 Å². The van der Waals surface area contributed by atoms with E-state index in [1.54, 1.807) is 18.5 Å². The minimum atomic E-state index is -4.36. The predicted octanol–water partition coefficient (Wildman–Crippen LogP) is 5.05. The summed E-state index contributed by atoms with van der Waals surface area (Å²) in [6, 6.07) is 4.52. The van der Waals surface area contributed by atoms with Gasteiger partial charge in [-0.2, -0.15) is 13.2 Å². The van der Waals surface area contributed by atoms with Gasteiger partial charge >= 0.3 is 6.18 Å². The molecule has 1 saturated heterocycles. The highest BCUT2D eigenvalue weighted by molar-refractivity contribution is 7.99. The Morgan fingerprint density at radius 3 is 2.48 bits per heavy atom. The van der Waals surface area contributed by atoms with Gasteiger partial charge in [0.1, 0.15) is 10.8 Å². The van der Waals surface area contributed by atoms with Gasteiger partial charge in [0.15, 0.2) is 0 Å². The molecule has 1 atom stereocenters. The van der Waals surface area contributed by atoms with Crippen molar-refractivity contribution in [2.24, 2.45) is 11.1 Å². The van der Waals surface area contributed by atoms with Crippen LogP contribution < -0.4 is 10.6 Å². The first-order chi connectivity index (χ1) is 13.8. The third kappa shape index (κ3) is 4.10. The molecule has 0 unspecified atom stereocenters. The lowest BCUT2D eigenvalue weighted by Crippen LogP contribution is -2.47. The lowest BCUT2D eigenvalue weighted by Gasteiger charge is -2.42. The summed E-state index contributed by atoms with van der Waals surface area (Å²) in [5.41, 5.74) is 6.25. The van der Waals surface area contributed by atoms with Crippen LogP contribution in [0.2, 0.25) is 0 Å². The number of nitrogens with zero attached hydrogens (tertiary/aromatic N) is 3. The van der Waals surface area contributed by atoms with Crippen LogP contribution in [-0.2, 0) is 6.18 Å². The molecule has 1 aliphatic carbocycles. The molecule has 156 valence electrons. The minimum Gasteiger partial charge on any atom is -0.355 e. The molecule has 4 rings (SSSR count). The van der Waals surface area contributed by atoms with E-state index in [4.69, 9.17) is 5.73 Å². The lowest BCUT2D eigenvalue weighted by atomic mass is 9.74. The molecule has 2 aromatic rings. The Hall–Kier alpha value is -1.80. The molecule has 2 N–H and O–H groups in total. The summed E-state index contributed by atoms with van der Waals surface area (Å²) >= 11 is 1.21. The quantitative estimate of drug-likeness (QED) is 0.750. The van der Waals surface area contributed by atoms with Crippen molar-refractivity contribution in [1.29, 1.82) is 0 Å². The normalized spacial score (nSPS) is 21.7. The molecule has 2 aliphatic rings. The Labute approximate surface area is 173 Å². The second-order valence-electron chi connectivity index (χ2n) is 8.09. The minimum absolute atomic E-state index is 0.213. The summed E-state index contributed by atoms with van der Waals surface area (Å²) in [4.78, 5) is 11.7. The third-order valence-corrected chi connectivity index (χ3v) is 7.56. The Morgan fingerprint density at radius 2 is 1.90 bits per heavy atom. The summed E-state index contributed by atoms with van der Waals surface area (Å²) in [6.45, 7) is 3.33. The number of alkyl halides is 3. The number of benzene rings is 1. The molecule has 0 radical (unpaired) electrons. The van der Waals surface area contributed by atoms with Gasteiger partial charge < -0.3 is 10.6 Å². The molecule has 8 heteroatoms. The molecular formula is C21H25F3N4S. The van der Waals surface area contributed by atoms with E-state index in [1.807, 2.05) is 0 Å². The number of nitrogens with two attached hydrogens (primary N) is 1. The van der Waals surface area contributed by atoms with Gasteiger partial charge in [-0.05, 0) is 55.7 Å². The summed E-state index contributed by atoms with van der Waals surface area (Å²) in [5, 5.41) is 0.586. The molecule has 29 heavy (non-hydrogen) atoms. The van der Waals surface area contributed by atoms with Crippen LogP contribution in [0.3, 0.4) is 0 Å². The monoisotopic (exact) mass is 422 g/mol. The highest BCUT2D eigenvalue weighted by Crippen LogP contribution is 2.46.